The number of aromatic nitrogens is 1. The first-order valence-corrected chi connectivity index (χ1v) is 12.2. The molecule has 0 aliphatic heterocycles. The Labute approximate surface area is 211 Å². The number of nitrogens with zero attached hydrogens (tertiary/aromatic N) is 1. The summed E-state index contributed by atoms with van der Waals surface area (Å²) in [6.45, 7) is 4.96. The second-order valence-electron chi connectivity index (χ2n) is 9.00. The summed E-state index contributed by atoms with van der Waals surface area (Å²) in [7, 11) is 1.53. The van der Waals surface area contributed by atoms with Crippen molar-refractivity contribution < 1.29 is 33.3 Å². The van der Waals surface area contributed by atoms with Crippen LogP contribution >= 0.6 is 0 Å². The Kier molecular flexibility index (Phi) is 8.61. The zero-order valence-electron chi connectivity index (χ0n) is 21.0. The molecule has 0 amide bonds. The molecule has 1 fully saturated rings. The fourth-order valence-electron chi connectivity index (χ4n) is 4.36. The molecule has 0 saturated heterocycles. The first-order chi connectivity index (χ1) is 17.4. The van der Waals surface area contributed by atoms with Crippen molar-refractivity contribution in [2.75, 3.05) is 20.3 Å². The van der Waals surface area contributed by atoms with Crippen LogP contribution in [0.4, 0.5) is 0 Å². The molecule has 1 aromatic heterocycles. The van der Waals surface area contributed by atoms with Gasteiger partial charge < -0.3 is 28.5 Å². The lowest BCUT2D eigenvalue weighted by molar-refractivity contribution is -0.0556. The van der Waals surface area contributed by atoms with Crippen molar-refractivity contribution in [2.45, 2.75) is 58.3 Å². The topological polar surface area (TPSA) is 100 Å². The standard InChI is InChI=1S/C28H33NO7/c1-18-6-4-7-20(14-18)27-29-25(19(2)36-27)17-35-23-9-5-8-22(15-23)33-12-13-34-26-16-21(32-3)10-11-24(26)28(30)31/h4,6-7,10-11,14,16,22-23H,5,8-9,12-13,15,17H2,1-3H3,(H,30,31)/t22-,23+/m1/s1. The molecule has 1 N–H and O–H groups in total. The molecule has 0 spiro atoms. The van der Waals surface area contributed by atoms with Gasteiger partial charge in [0.05, 0.1) is 32.5 Å². The summed E-state index contributed by atoms with van der Waals surface area (Å²) >= 11 is 0. The minimum atomic E-state index is -1.05. The third-order valence-electron chi connectivity index (χ3n) is 6.31. The number of hydrogen-bond donors (Lipinski definition) is 1. The van der Waals surface area contributed by atoms with Gasteiger partial charge in [-0.15, -0.1) is 0 Å². The summed E-state index contributed by atoms with van der Waals surface area (Å²) in [6, 6.07) is 12.7. The monoisotopic (exact) mass is 495 g/mol. The van der Waals surface area contributed by atoms with Crippen LogP contribution in [0.5, 0.6) is 11.5 Å². The lowest BCUT2D eigenvalue weighted by atomic mass is 9.95. The maximum atomic E-state index is 11.4. The van der Waals surface area contributed by atoms with Gasteiger partial charge in [0.15, 0.2) is 0 Å². The molecule has 192 valence electrons. The summed E-state index contributed by atoms with van der Waals surface area (Å²) in [4.78, 5) is 16.1. The van der Waals surface area contributed by atoms with E-state index in [1.807, 2.05) is 32.0 Å². The normalized spacial score (nSPS) is 17.6. The SMILES string of the molecule is COc1ccc(C(=O)O)c(OCCO[C@@H]2CCC[C@H](OCc3nc(-c4cccc(C)c4)oc3C)C2)c1. The van der Waals surface area contributed by atoms with Crippen LogP contribution in [0.25, 0.3) is 11.5 Å². The summed E-state index contributed by atoms with van der Waals surface area (Å²) in [5, 5.41) is 9.36. The van der Waals surface area contributed by atoms with E-state index in [9.17, 15) is 9.90 Å². The van der Waals surface area contributed by atoms with Crippen molar-refractivity contribution in [1.82, 2.24) is 4.98 Å². The van der Waals surface area contributed by atoms with E-state index in [1.165, 1.54) is 13.2 Å². The third kappa shape index (κ3) is 6.65. The Bertz CT molecular complexity index is 1170. The highest BCUT2D eigenvalue weighted by Gasteiger charge is 2.24. The van der Waals surface area contributed by atoms with Crippen molar-refractivity contribution in [3.05, 3.63) is 65.0 Å². The number of carbonyl (C=O) groups is 1. The number of benzene rings is 2. The molecule has 36 heavy (non-hydrogen) atoms. The maximum Gasteiger partial charge on any atom is 0.339 e. The van der Waals surface area contributed by atoms with Crippen molar-refractivity contribution in [2.24, 2.45) is 0 Å². The molecule has 0 radical (unpaired) electrons. The van der Waals surface area contributed by atoms with E-state index in [1.54, 1.807) is 12.1 Å². The highest BCUT2D eigenvalue weighted by atomic mass is 16.5. The molecule has 1 heterocycles. The van der Waals surface area contributed by atoms with Crippen LogP contribution in [0.1, 0.15) is 53.1 Å². The van der Waals surface area contributed by atoms with Crippen molar-refractivity contribution >= 4 is 5.97 Å². The number of ether oxygens (including phenoxy) is 4. The van der Waals surface area contributed by atoms with E-state index < -0.39 is 5.97 Å². The van der Waals surface area contributed by atoms with Crippen LogP contribution in [-0.4, -0.2) is 48.6 Å². The Hall–Kier alpha value is -3.36. The summed E-state index contributed by atoms with van der Waals surface area (Å²) in [5.74, 6) is 1.14. The van der Waals surface area contributed by atoms with Crippen molar-refractivity contribution in [1.29, 1.82) is 0 Å². The number of carboxylic acid groups (broad SMARTS) is 1. The van der Waals surface area contributed by atoms with E-state index >= 15 is 0 Å². The zero-order chi connectivity index (χ0) is 25.5. The number of rotatable bonds is 11. The quantitative estimate of drug-likeness (QED) is 0.344. The van der Waals surface area contributed by atoms with Crippen LogP contribution in [-0.2, 0) is 16.1 Å². The van der Waals surface area contributed by atoms with Crippen LogP contribution in [0.15, 0.2) is 46.9 Å². The second kappa shape index (κ2) is 12.1. The van der Waals surface area contributed by atoms with Gasteiger partial charge in [-0.3, -0.25) is 0 Å². The molecule has 0 unspecified atom stereocenters. The molecule has 2 atom stereocenters. The van der Waals surface area contributed by atoms with Gasteiger partial charge in [0.2, 0.25) is 5.89 Å². The Morgan fingerprint density at radius 2 is 1.89 bits per heavy atom. The lowest BCUT2D eigenvalue weighted by Gasteiger charge is -2.29. The largest absolute Gasteiger partial charge is 0.497 e. The molecule has 8 nitrogen and oxygen atoms in total. The van der Waals surface area contributed by atoms with Gasteiger partial charge in [0, 0.05) is 11.6 Å². The highest BCUT2D eigenvalue weighted by molar-refractivity contribution is 5.91. The predicted molar refractivity (Wildman–Crippen MR) is 134 cm³/mol. The first kappa shape index (κ1) is 25.7. The van der Waals surface area contributed by atoms with Gasteiger partial charge in [0.1, 0.15) is 35.1 Å². The van der Waals surface area contributed by atoms with Gasteiger partial charge >= 0.3 is 5.97 Å². The molecule has 1 aliphatic rings. The highest BCUT2D eigenvalue weighted by Crippen LogP contribution is 2.28. The molecule has 1 aliphatic carbocycles. The molecule has 3 aromatic rings. The number of aromatic carboxylic acids is 1. The molecule has 0 bridgehead atoms. The average molecular weight is 496 g/mol. The smallest absolute Gasteiger partial charge is 0.339 e. The van der Waals surface area contributed by atoms with E-state index in [0.717, 1.165) is 48.3 Å². The first-order valence-electron chi connectivity index (χ1n) is 12.2. The van der Waals surface area contributed by atoms with Crippen molar-refractivity contribution in [3.8, 4) is 23.0 Å². The fraction of sp³-hybridized carbons (Fsp3) is 0.429. The van der Waals surface area contributed by atoms with Gasteiger partial charge in [0.25, 0.3) is 0 Å². The summed E-state index contributed by atoms with van der Waals surface area (Å²) in [6.07, 6.45) is 3.89. The summed E-state index contributed by atoms with van der Waals surface area (Å²) in [5.41, 5.74) is 3.03. The number of aryl methyl sites for hydroxylation is 2. The Morgan fingerprint density at radius 3 is 2.64 bits per heavy atom. The molecule has 4 rings (SSSR count). The van der Waals surface area contributed by atoms with Crippen molar-refractivity contribution in [3.63, 3.8) is 0 Å². The lowest BCUT2D eigenvalue weighted by Crippen LogP contribution is -2.29. The molecule has 2 aromatic carbocycles. The molecule has 1 saturated carbocycles. The Morgan fingerprint density at radius 1 is 1.08 bits per heavy atom. The van der Waals surface area contributed by atoms with Crippen LogP contribution in [0.2, 0.25) is 0 Å². The minimum absolute atomic E-state index is 0.0675. The van der Waals surface area contributed by atoms with E-state index in [2.05, 4.69) is 11.1 Å². The number of carboxylic acids is 1. The number of oxazole rings is 1. The van der Waals surface area contributed by atoms with Crippen LogP contribution in [0, 0.1) is 13.8 Å². The van der Waals surface area contributed by atoms with Crippen LogP contribution in [0.3, 0.4) is 0 Å². The Balaban J connectivity index is 1.24. The van der Waals surface area contributed by atoms with Gasteiger partial charge in [-0.2, -0.15) is 0 Å². The fourth-order valence-corrected chi connectivity index (χ4v) is 4.36. The maximum absolute atomic E-state index is 11.4. The third-order valence-corrected chi connectivity index (χ3v) is 6.31. The summed E-state index contributed by atoms with van der Waals surface area (Å²) < 4.78 is 28.9. The van der Waals surface area contributed by atoms with Gasteiger partial charge in [-0.1, -0.05) is 17.7 Å². The number of hydrogen-bond acceptors (Lipinski definition) is 7. The zero-order valence-corrected chi connectivity index (χ0v) is 21.0. The second-order valence-corrected chi connectivity index (χ2v) is 9.00. The van der Waals surface area contributed by atoms with Gasteiger partial charge in [-0.05, 0) is 63.8 Å². The van der Waals surface area contributed by atoms with E-state index in [-0.39, 0.29) is 30.1 Å². The van der Waals surface area contributed by atoms with Gasteiger partial charge in [-0.25, -0.2) is 9.78 Å². The number of methoxy groups -OCH3 is 1. The molecular weight excluding hydrogens is 462 g/mol. The minimum Gasteiger partial charge on any atom is -0.497 e. The molecular formula is C28H33NO7. The van der Waals surface area contributed by atoms with Crippen LogP contribution < -0.4 is 9.47 Å². The van der Waals surface area contributed by atoms with E-state index in [4.69, 9.17) is 23.4 Å². The molecule has 8 heteroatoms. The average Bonchev–Trinajstić information content (AvgIpc) is 3.26. The predicted octanol–water partition coefficient (Wildman–Crippen LogP) is 5.59. The van der Waals surface area contributed by atoms with E-state index in [0.29, 0.717) is 24.9 Å².